The van der Waals surface area contributed by atoms with Gasteiger partial charge in [-0.2, -0.15) is 0 Å². The summed E-state index contributed by atoms with van der Waals surface area (Å²) in [5.41, 5.74) is 0.387. The summed E-state index contributed by atoms with van der Waals surface area (Å²) in [5, 5.41) is 0. The van der Waals surface area contributed by atoms with Gasteiger partial charge in [0.25, 0.3) is 0 Å². The summed E-state index contributed by atoms with van der Waals surface area (Å²) in [7, 11) is 0. The highest BCUT2D eigenvalue weighted by atomic mass is 15.0. The third-order valence-corrected chi connectivity index (χ3v) is 2.71. The monoisotopic (exact) mass is 206 g/mol. The van der Waals surface area contributed by atoms with E-state index in [0.29, 0.717) is 17.4 Å². The number of hydrogen-bond acceptors (Lipinski definition) is 0. The first-order valence-corrected chi connectivity index (χ1v) is 5.86. The zero-order valence-electron chi connectivity index (χ0n) is 10.7. The van der Waals surface area contributed by atoms with Crippen molar-refractivity contribution in [2.75, 3.05) is 0 Å². The Bertz CT molecular complexity index is 282. The second kappa shape index (κ2) is 4.78. The van der Waals surface area contributed by atoms with E-state index in [1.807, 2.05) is 0 Å². The maximum atomic E-state index is 2.34. The van der Waals surface area contributed by atoms with Gasteiger partial charge in [0.15, 0.2) is 18.4 Å². The molecule has 1 heteroatoms. The molecule has 1 rings (SSSR count). The van der Waals surface area contributed by atoms with Crippen molar-refractivity contribution in [3.05, 3.63) is 30.6 Å². The van der Waals surface area contributed by atoms with Crippen LogP contribution in [0.5, 0.6) is 0 Å². The van der Waals surface area contributed by atoms with Crippen molar-refractivity contribution < 1.29 is 4.57 Å². The van der Waals surface area contributed by atoms with E-state index in [1.54, 1.807) is 0 Å². The second-order valence-electron chi connectivity index (χ2n) is 5.90. The minimum atomic E-state index is 0.387. The molecule has 0 saturated carbocycles. The van der Waals surface area contributed by atoms with Crippen molar-refractivity contribution in [3.63, 3.8) is 0 Å². The highest BCUT2D eigenvalue weighted by Crippen LogP contribution is 2.28. The summed E-state index contributed by atoms with van der Waals surface area (Å²) in [6.07, 6.45) is 5.58. The normalized spacial score (nSPS) is 14.3. The molecule has 0 bridgehead atoms. The van der Waals surface area contributed by atoms with E-state index in [4.69, 9.17) is 0 Å². The molecule has 0 aromatic carbocycles. The maximum Gasteiger partial charge on any atom is 0.169 e. The van der Waals surface area contributed by atoms with Crippen molar-refractivity contribution in [2.24, 2.45) is 11.3 Å². The summed E-state index contributed by atoms with van der Waals surface area (Å²) in [6.45, 7) is 11.5. The average Bonchev–Trinajstić information content (AvgIpc) is 2.14. The number of pyridine rings is 1. The molecule has 1 nitrogen and oxygen atoms in total. The molecule has 0 amide bonds. The van der Waals surface area contributed by atoms with Crippen molar-refractivity contribution >= 4 is 0 Å². The third kappa shape index (κ3) is 4.03. The van der Waals surface area contributed by atoms with Crippen LogP contribution in [0.3, 0.4) is 0 Å². The fourth-order valence-electron chi connectivity index (χ4n) is 1.95. The molecule has 0 saturated heterocycles. The van der Waals surface area contributed by atoms with Crippen molar-refractivity contribution in [3.8, 4) is 0 Å². The summed E-state index contributed by atoms with van der Waals surface area (Å²) in [4.78, 5) is 0. The molecule has 0 spiro atoms. The highest BCUT2D eigenvalue weighted by Gasteiger charge is 2.27. The second-order valence-corrected chi connectivity index (χ2v) is 5.90. The molecular weight excluding hydrogens is 182 g/mol. The van der Waals surface area contributed by atoms with E-state index < -0.39 is 0 Å². The average molecular weight is 206 g/mol. The number of nitrogens with zero attached hydrogens (tertiary/aromatic N) is 1. The minimum absolute atomic E-state index is 0.387. The Morgan fingerprint density at radius 3 is 1.93 bits per heavy atom. The molecule has 1 unspecified atom stereocenters. The van der Waals surface area contributed by atoms with Gasteiger partial charge in [-0.05, 0) is 5.41 Å². The van der Waals surface area contributed by atoms with Gasteiger partial charge in [-0.3, -0.25) is 0 Å². The Balaban J connectivity index is 2.85. The fraction of sp³-hybridized carbons (Fsp3) is 0.643. The molecule has 1 aromatic rings. The van der Waals surface area contributed by atoms with Crippen molar-refractivity contribution in [1.29, 1.82) is 0 Å². The van der Waals surface area contributed by atoms with Gasteiger partial charge in [0.2, 0.25) is 0 Å². The van der Waals surface area contributed by atoms with Crippen LogP contribution in [0.4, 0.5) is 0 Å². The van der Waals surface area contributed by atoms with Crippen molar-refractivity contribution in [1.82, 2.24) is 0 Å². The molecule has 0 fully saturated rings. The van der Waals surface area contributed by atoms with Gasteiger partial charge in [-0.15, -0.1) is 0 Å². The molecule has 1 atom stereocenters. The summed E-state index contributed by atoms with van der Waals surface area (Å²) in [5.74, 6) is 0.677. The number of aromatic nitrogens is 1. The third-order valence-electron chi connectivity index (χ3n) is 2.71. The lowest BCUT2D eigenvalue weighted by Gasteiger charge is -2.24. The molecule has 0 N–H and O–H groups in total. The van der Waals surface area contributed by atoms with Crippen LogP contribution in [0.25, 0.3) is 0 Å². The number of hydrogen-bond donors (Lipinski definition) is 0. The highest BCUT2D eigenvalue weighted by molar-refractivity contribution is 4.84. The van der Waals surface area contributed by atoms with Gasteiger partial charge in [-0.1, -0.05) is 40.7 Å². The number of rotatable bonds is 3. The van der Waals surface area contributed by atoms with Crippen LogP contribution in [0.1, 0.15) is 47.1 Å². The Morgan fingerprint density at radius 1 is 1.00 bits per heavy atom. The molecule has 0 aliphatic heterocycles. The van der Waals surface area contributed by atoms with Crippen LogP contribution in [-0.4, -0.2) is 0 Å². The van der Waals surface area contributed by atoms with E-state index in [1.165, 1.54) is 6.42 Å². The molecular formula is C14H24N+. The van der Waals surface area contributed by atoms with Gasteiger partial charge in [0, 0.05) is 24.5 Å². The quantitative estimate of drug-likeness (QED) is 0.665. The maximum absolute atomic E-state index is 2.34. The summed E-state index contributed by atoms with van der Waals surface area (Å²) < 4.78 is 2.34. The first kappa shape index (κ1) is 12.2. The smallest absolute Gasteiger partial charge is 0.169 e. The lowest BCUT2D eigenvalue weighted by atomic mass is 9.84. The van der Waals surface area contributed by atoms with Gasteiger partial charge < -0.3 is 0 Å². The van der Waals surface area contributed by atoms with Crippen LogP contribution in [0.15, 0.2) is 30.6 Å². The molecule has 1 aromatic heterocycles. The van der Waals surface area contributed by atoms with Gasteiger partial charge >= 0.3 is 0 Å². The Labute approximate surface area is 94.1 Å². The van der Waals surface area contributed by atoms with Crippen LogP contribution in [-0.2, 0) is 0 Å². The zero-order chi connectivity index (χ0) is 11.5. The van der Waals surface area contributed by atoms with Gasteiger partial charge in [-0.25, -0.2) is 4.57 Å². The van der Waals surface area contributed by atoms with Crippen LogP contribution in [0.2, 0.25) is 0 Å². The first-order valence-electron chi connectivity index (χ1n) is 5.86. The molecule has 0 aliphatic carbocycles. The molecule has 0 aliphatic rings. The largest absolute Gasteiger partial charge is 0.202 e. The van der Waals surface area contributed by atoms with E-state index in [0.717, 1.165) is 0 Å². The summed E-state index contributed by atoms with van der Waals surface area (Å²) in [6, 6.07) is 6.90. The predicted molar refractivity (Wildman–Crippen MR) is 64.6 cm³/mol. The fourth-order valence-corrected chi connectivity index (χ4v) is 1.95. The Hall–Kier alpha value is -0.850. The summed E-state index contributed by atoms with van der Waals surface area (Å²) >= 11 is 0. The van der Waals surface area contributed by atoms with E-state index >= 15 is 0 Å². The van der Waals surface area contributed by atoms with E-state index in [-0.39, 0.29) is 0 Å². The topological polar surface area (TPSA) is 3.88 Å². The van der Waals surface area contributed by atoms with Crippen molar-refractivity contribution in [2.45, 2.75) is 47.1 Å². The Morgan fingerprint density at radius 2 is 1.53 bits per heavy atom. The molecule has 0 radical (unpaired) electrons. The Kier molecular flexibility index (Phi) is 3.90. The predicted octanol–water partition coefficient (Wildman–Crippen LogP) is 3.61. The van der Waals surface area contributed by atoms with E-state index in [9.17, 15) is 0 Å². The van der Waals surface area contributed by atoms with Gasteiger partial charge in [0.05, 0.1) is 0 Å². The van der Waals surface area contributed by atoms with Crippen LogP contribution < -0.4 is 4.57 Å². The van der Waals surface area contributed by atoms with Crippen LogP contribution in [0, 0.1) is 11.3 Å². The lowest BCUT2D eigenvalue weighted by molar-refractivity contribution is -0.731. The van der Waals surface area contributed by atoms with Crippen LogP contribution >= 0.6 is 0 Å². The molecule has 15 heavy (non-hydrogen) atoms. The van der Waals surface area contributed by atoms with Gasteiger partial charge in [0.1, 0.15) is 0 Å². The molecule has 1 heterocycles. The zero-order valence-corrected chi connectivity index (χ0v) is 10.7. The SMILES string of the molecule is CC(C)C(CC(C)(C)C)[n+]1ccccc1. The first-order chi connectivity index (χ1) is 6.90. The van der Waals surface area contributed by atoms with E-state index in [2.05, 4.69) is 69.8 Å². The standard InChI is InChI=1S/C14H24N/c1-12(2)13(11-14(3,4)5)15-9-7-6-8-10-15/h6-10,12-13H,11H2,1-5H3/q+1. The molecule has 84 valence electrons. The lowest BCUT2D eigenvalue weighted by Crippen LogP contribution is -2.43. The minimum Gasteiger partial charge on any atom is -0.202 e.